The Bertz CT molecular complexity index is 1090. The first-order chi connectivity index (χ1) is 16.6. The van der Waals surface area contributed by atoms with Gasteiger partial charge in [-0.05, 0) is 23.3 Å². The Morgan fingerprint density at radius 1 is 1.03 bits per heavy atom. The van der Waals surface area contributed by atoms with Crippen molar-refractivity contribution in [1.82, 2.24) is 14.3 Å². The Balaban J connectivity index is 1.28. The summed E-state index contributed by atoms with van der Waals surface area (Å²) in [6.07, 6.45) is 1.90. The van der Waals surface area contributed by atoms with Gasteiger partial charge in [-0.3, -0.25) is 4.79 Å². The van der Waals surface area contributed by atoms with Crippen molar-refractivity contribution in [2.45, 2.75) is 31.6 Å². The third kappa shape index (κ3) is 5.43. The Labute approximate surface area is 202 Å². The van der Waals surface area contributed by atoms with E-state index in [-0.39, 0.29) is 18.3 Å². The van der Waals surface area contributed by atoms with Crippen LogP contribution in [0.1, 0.15) is 29.8 Å². The molecule has 2 aromatic carbocycles. The second kappa shape index (κ2) is 10.2. The molecule has 0 radical (unpaired) electrons. The van der Waals surface area contributed by atoms with E-state index in [9.17, 15) is 9.18 Å². The van der Waals surface area contributed by atoms with E-state index in [1.54, 1.807) is 12.1 Å². The number of aromatic nitrogens is 2. The summed E-state index contributed by atoms with van der Waals surface area (Å²) in [7, 11) is 0. The molecule has 0 bridgehead atoms. The van der Waals surface area contributed by atoms with Gasteiger partial charge in [0.25, 0.3) is 0 Å². The van der Waals surface area contributed by atoms with Gasteiger partial charge in [-0.1, -0.05) is 42.5 Å². The molecule has 7 nitrogen and oxygen atoms in total. The van der Waals surface area contributed by atoms with Crippen LogP contribution in [-0.2, 0) is 27.2 Å². The Hall–Kier alpha value is -2.88. The molecule has 1 spiro atoms. The van der Waals surface area contributed by atoms with E-state index in [1.165, 1.54) is 23.7 Å². The number of halogens is 1. The fourth-order valence-electron chi connectivity index (χ4n) is 4.37. The summed E-state index contributed by atoms with van der Waals surface area (Å²) in [5.41, 5.74) is 2.03. The molecule has 3 heterocycles. The third-order valence-corrected chi connectivity index (χ3v) is 7.05. The van der Waals surface area contributed by atoms with Gasteiger partial charge in [0.2, 0.25) is 11.0 Å². The molecule has 2 aliphatic heterocycles. The zero-order valence-corrected chi connectivity index (χ0v) is 19.7. The molecule has 0 N–H and O–H groups in total. The SMILES string of the molecule is O=C(CN(Cc1ccccc1)c1nc(Cc2ccc(F)cc2)ns1)N1CCC2(CC1)OCCO2. The van der Waals surface area contributed by atoms with Gasteiger partial charge in [-0.15, -0.1) is 0 Å². The van der Waals surface area contributed by atoms with Crippen LogP contribution in [-0.4, -0.2) is 58.8 Å². The van der Waals surface area contributed by atoms with Crippen LogP contribution in [0.5, 0.6) is 0 Å². The molecule has 0 unspecified atom stereocenters. The summed E-state index contributed by atoms with van der Waals surface area (Å²) in [5, 5.41) is 0.699. The van der Waals surface area contributed by atoms with E-state index < -0.39 is 5.79 Å². The molecular formula is C25H27FN4O3S. The molecule has 2 fully saturated rings. The van der Waals surface area contributed by atoms with E-state index in [1.807, 2.05) is 40.1 Å². The largest absolute Gasteiger partial charge is 0.347 e. The zero-order chi connectivity index (χ0) is 23.4. The van der Waals surface area contributed by atoms with Crippen LogP contribution in [0.3, 0.4) is 0 Å². The van der Waals surface area contributed by atoms with Crippen LogP contribution in [0, 0.1) is 5.82 Å². The average molecular weight is 483 g/mol. The first-order valence-corrected chi connectivity index (χ1v) is 12.3. The maximum Gasteiger partial charge on any atom is 0.242 e. The molecule has 0 saturated carbocycles. The first-order valence-electron chi connectivity index (χ1n) is 11.5. The molecular weight excluding hydrogens is 455 g/mol. The Morgan fingerprint density at radius 2 is 1.74 bits per heavy atom. The lowest BCUT2D eigenvalue weighted by Crippen LogP contribution is -2.49. The molecule has 9 heteroatoms. The molecule has 0 atom stereocenters. The topological polar surface area (TPSA) is 67.8 Å². The van der Waals surface area contributed by atoms with E-state index >= 15 is 0 Å². The fourth-order valence-corrected chi connectivity index (χ4v) is 5.05. The highest BCUT2D eigenvalue weighted by Gasteiger charge is 2.40. The summed E-state index contributed by atoms with van der Waals surface area (Å²) in [6, 6.07) is 16.4. The van der Waals surface area contributed by atoms with Gasteiger partial charge in [0.1, 0.15) is 11.6 Å². The van der Waals surface area contributed by atoms with Gasteiger partial charge in [-0.25, -0.2) is 9.37 Å². The van der Waals surface area contributed by atoms with E-state index in [4.69, 9.17) is 14.5 Å². The number of benzene rings is 2. The number of piperidine rings is 1. The van der Waals surface area contributed by atoms with Gasteiger partial charge in [0.05, 0.1) is 19.8 Å². The van der Waals surface area contributed by atoms with Gasteiger partial charge >= 0.3 is 0 Å². The average Bonchev–Trinajstić information content (AvgIpc) is 3.51. The highest BCUT2D eigenvalue weighted by molar-refractivity contribution is 7.09. The van der Waals surface area contributed by atoms with Crippen LogP contribution in [0.15, 0.2) is 54.6 Å². The summed E-state index contributed by atoms with van der Waals surface area (Å²) in [4.78, 5) is 21.8. The van der Waals surface area contributed by atoms with Crippen molar-refractivity contribution in [3.63, 3.8) is 0 Å². The quantitative estimate of drug-likeness (QED) is 0.512. The third-order valence-electron chi connectivity index (χ3n) is 6.24. The Morgan fingerprint density at radius 3 is 2.44 bits per heavy atom. The molecule has 0 aliphatic carbocycles. The van der Waals surface area contributed by atoms with Crippen molar-refractivity contribution in [3.8, 4) is 0 Å². The summed E-state index contributed by atoms with van der Waals surface area (Å²) < 4.78 is 29.3. The van der Waals surface area contributed by atoms with E-state index in [0.717, 1.165) is 11.1 Å². The monoisotopic (exact) mass is 482 g/mol. The number of ether oxygens (including phenoxy) is 2. The molecule has 3 aromatic rings. The van der Waals surface area contributed by atoms with E-state index in [2.05, 4.69) is 4.37 Å². The molecule has 5 rings (SSSR count). The number of nitrogens with zero attached hydrogens (tertiary/aromatic N) is 4. The minimum absolute atomic E-state index is 0.0547. The highest BCUT2D eigenvalue weighted by atomic mass is 32.1. The van der Waals surface area contributed by atoms with Crippen LogP contribution >= 0.6 is 11.5 Å². The normalized spacial score (nSPS) is 17.3. The minimum atomic E-state index is -0.505. The molecule has 1 aromatic heterocycles. The lowest BCUT2D eigenvalue weighted by atomic mass is 10.0. The van der Waals surface area contributed by atoms with Crippen LogP contribution < -0.4 is 4.90 Å². The van der Waals surface area contributed by atoms with Crippen LogP contribution in [0.4, 0.5) is 9.52 Å². The van der Waals surface area contributed by atoms with Crippen molar-refractivity contribution in [2.75, 3.05) is 37.7 Å². The Kier molecular flexibility index (Phi) is 6.85. The number of anilines is 1. The number of carbonyl (C=O) groups is 1. The number of rotatable bonds is 7. The van der Waals surface area contributed by atoms with Crippen molar-refractivity contribution >= 4 is 22.6 Å². The zero-order valence-electron chi connectivity index (χ0n) is 18.9. The smallest absolute Gasteiger partial charge is 0.242 e. The second-order valence-electron chi connectivity index (χ2n) is 8.63. The molecule has 2 aliphatic rings. The summed E-state index contributed by atoms with van der Waals surface area (Å²) in [5.74, 6) is -0.0563. The molecule has 2 saturated heterocycles. The minimum Gasteiger partial charge on any atom is -0.347 e. The summed E-state index contributed by atoms with van der Waals surface area (Å²) >= 11 is 1.28. The predicted molar refractivity (Wildman–Crippen MR) is 127 cm³/mol. The van der Waals surface area contributed by atoms with Crippen molar-refractivity contribution < 1.29 is 18.7 Å². The van der Waals surface area contributed by atoms with Crippen molar-refractivity contribution in [1.29, 1.82) is 0 Å². The fraction of sp³-hybridized carbons (Fsp3) is 0.400. The summed E-state index contributed by atoms with van der Waals surface area (Å²) in [6.45, 7) is 3.25. The van der Waals surface area contributed by atoms with Gasteiger partial charge in [0, 0.05) is 50.4 Å². The number of amides is 1. The van der Waals surface area contributed by atoms with Crippen LogP contribution in [0.25, 0.3) is 0 Å². The van der Waals surface area contributed by atoms with Crippen molar-refractivity contribution in [3.05, 3.63) is 77.4 Å². The maximum absolute atomic E-state index is 13.2. The second-order valence-corrected chi connectivity index (χ2v) is 9.36. The lowest BCUT2D eigenvalue weighted by Gasteiger charge is -2.38. The van der Waals surface area contributed by atoms with E-state index in [0.29, 0.717) is 63.1 Å². The number of hydrogen-bond acceptors (Lipinski definition) is 7. The number of carbonyl (C=O) groups excluding carboxylic acids is 1. The standard InChI is InChI=1S/C25H27FN4O3S/c26-21-8-6-19(7-9-21)16-22-27-24(34-28-22)30(17-20-4-2-1-3-5-20)18-23(31)29-12-10-25(11-13-29)32-14-15-33-25/h1-9H,10-18H2. The number of likely N-dealkylation sites (tertiary alicyclic amines) is 1. The van der Waals surface area contributed by atoms with Gasteiger partial charge in [0.15, 0.2) is 5.79 Å². The lowest BCUT2D eigenvalue weighted by molar-refractivity contribution is -0.187. The van der Waals surface area contributed by atoms with Crippen LogP contribution in [0.2, 0.25) is 0 Å². The molecule has 178 valence electrons. The maximum atomic E-state index is 13.2. The first kappa shape index (κ1) is 22.9. The van der Waals surface area contributed by atoms with Crippen molar-refractivity contribution in [2.24, 2.45) is 0 Å². The van der Waals surface area contributed by atoms with Gasteiger partial charge < -0.3 is 19.3 Å². The number of hydrogen-bond donors (Lipinski definition) is 0. The molecule has 34 heavy (non-hydrogen) atoms. The predicted octanol–water partition coefficient (Wildman–Crippen LogP) is 3.64. The highest BCUT2D eigenvalue weighted by Crippen LogP contribution is 2.31. The van der Waals surface area contributed by atoms with Gasteiger partial charge in [-0.2, -0.15) is 4.37 Å². The molecule has 1 amide bonds.